The van der Waals surface area contributed by atoms with Gasteiger partial charge in [-0.15, -0.1) is 0 Å². The van der Waals surface area contributed by atoms with Gasteiger partial charge < -0.3 is 15.1 Å². The number of amides is 1. The van der Waals surface area contributed by atoms with E-state index >= 15 is 0 Å². The maximum absolute atomic E-state index is 13.8. The van der Waals surface area contributed by atoms with Gasteiger partial charge in [0.1, 0.15) is 5.82 Å². The molecule has 6 heteroatoms. The quantitative estimate of drug-likeness (QED) is 0.863. The lowest BCUT2D eigenvalue weighted by molar-refractivity contribution is -0.115. The molecule has 0 atom stereocenters. The van der Waals surface area contributed by atoms with E-state index in [1.165, 1.54) is 6.07 Å². The number of carbonyl (C=O) groups is 1. The number of halogens is 2. The van der Waals surface area contributed by atoms with Gasteiger partial charge in [0, 0.05) is 31.2 Å². The molecule has 1 N–H and O–H groups in total. The third kappa shape index (κ3) is 4.54. The van der Waals surface area contributed by atoms with Crippen LogP contribution in [0.4, 0.5) is 15.8 Å². The molecule has 0 saturated carbocycles. The zero-order valence-corrected chi connectivity index (χ0v) is 15.6. The van der Waals surface area contributed by atoms with Gasteiger partial charge in [0.25, 0.3) is 0 Å². The molecule has 2 aromatic rings. The number of likely N-dealkylation sites (N-methyl/N-ethyl adjacent to an activating group) is 1. The fourth-order valence-corrected chi connectivity index (χ4v) is 3.37. The number of piperazine rings is 1. The summed E-state index contributed by atoms with van der Waals surface area (Å²) in [5, 5.41) is 3.46. The van der Waals surface area contributed by atoms with Crippen LogP contribution >= 0.6 is 11.6 Å². The Kier molecular flexibility index (Phi) is 6.12. The highest BCUT2D eigenvalue weighted by Crippen LogP contribution is 2.30. The van der Waals surface area contributed by atoms with Crippen molar-refractivity contribution in [1.29, 1.82) is 0 Å². The van der Waals surface area contributed by atoms with Crippen LogP contribution in [0.1, 0.15) is 12.5 Å². The van der Waals surface area contributed by atoms with Crippen molar-refractivity contribution in [2.45, 2.75) is 13.3 Å². The predicted octanol–water partition coefficient (Wildman–Crippen LogP) is 3.80. The Morgan fingerprint density at radius 1 is 1.15 bits per heavy atom. The number of anilines is 2. The molecule has 2 aromatic carbocycles. The minimum absolute atomic E-state index is 0.0117. The molecule has 1 fully saturated rings. The van der Waals surface area contributed by atoms with Gasteiger partial charge in [-0.3, -0.25) is 4.79 Å². The van der Waals surface area contributed by atoms with Gasteiger partial charge in [-0.1, -0.05) is 36.7 Å². The van der Waals surface area contributed by atoms with E-state index < -0.39 is 0 Å². The van der Waals surface area contributed by atoms with E-state index in [1.807, 2.05) is 12.1 Å². The highest BCUT2D eigenvalue weighted by atomic mass is 35.5. The van der Waals surface area contributed by atoms with Crippen LogP contribution < -0.4 is 10.2 Å². The first-order valence-corrected chi connectivity index (χ1v) is 9.24. The number of rotatable bonds is 5. The van der Waals surface area contributed by atoms with Crippen molar-refractivity contribution in [2.75, 3.05) is 42.9 Å². The van der Waals surface area contributed by atoms with Crippen molar-refractivity contribution in [3.8, 4) is 0 Å². The maximum Gasteiger partial charge on any atom is 0.228 e. The summed E-state index contributed by atoms with van der Waals surface area (Å²) >= 11 is 6.13. The first kappa shape index (κ1) is 18.7. The van der Waals surface area contributed by atoms with Crippen LogP contribution in [0.5, 0.6) is 0 Å². The van der Waals surface area contributed by atoms with Crippen LogP contribution in [0.15, 0.2) is 42.5 Å². The Hall–Kier alpha value is -2.11. The third-order valence-corrected chi connectivity index (χ3v) is 4.94. The Balaban J connectivity index is 1.74. The van der Waals surface area contributed by atoms with E-state index in [0.717, 1.165) is 38.4 Å². The van der Waals surface area contributed by atoms with Gasteiger partial charge in [-0.25, -0.2) is 4.39 Å². The summed E-state index contributed by atoms with van der Waals surface area (Å²) in [6, 6.07) is 11.8. The van der Waals surface area contributed by atoms with Crippen LogP contribution in [0.2, 0.25) is 5.02 Å². The molecule has 1 amide bonds. The van der Waals surface area contributed by atoms with Gasteiger partial charge in [-0.05, 0) is 36.4 Å². The lowest BCUT2D eigenvalue weighted by atomic mass is 10.1. The highest BCUT2D eigenvalue weighted by molar-refractivity contribution is 6.31. The molecule has 0 spiro atoms. The molecular weight excluding hydrogens is 353 g/mol. The van der Waals surface area contributed by atoms with Crippen molar-refractivity contribution >= 4 is 28.9 Å². The second kappa shape index (κ2) is 8.52. The van der Waals surface area contributed by atoms with Crippen LogP contribution in [0.25, 0.3) is 0 Å². The molecule has 0 radical (unpaired) electrons. The Morgan fingerprint density at radius 3 is 2.58 bits per heavy atom. The average molecular weight is 376 g/mol. The van der Waals surface area contributed by atoms with E-state index in [-0.39, 0.29) is 18.1 Å². The average Bonchev–Trinajstić information content (AvgIpc) is 2.64. The molecule has 0 unspecified atom stereocenters. The van der Waals surface area contributed by atoms with Gasteiger partial charge in [-0.2, -0.15) is 0 Å². The topological polar surface area (TPSA) is 35.6 Å². The molecule has 4 nitrogen and oxygen atoms in total. The largest absolute Gasteiger partial charge is 0.367 e. The van der Waals surface area contributed by atoms with Gasteiger partial charge in [0.05, 0.1) is 17.8 Å². The molecule has 1 aliphatic rings. The molecule has 0 bridgehead atoms. The minimum Gasteiger partial charge on any atom is -0.367 e. The second-order valence-electron chi connectivity index (χ2n) is 6.40. The predicted molar refractivity (Wildman–Crippen MR) is 105 cm³/mol. The summed E-state index contributed by atoms with van der Waals surface area (Å²) < 4.78 is 13.8. The van der Waals surface area contributed by atoms with Gasteiger partial charge in [0.2, 0.25) is 5.91 Å². The smallest absolute Gasteiger partial charge is 0.228 e. The van der Waals surface area contributed by atoms with Crippen LogP contribution in [-0.2, 0) is 11.2 Å². The van der Waals surface area contributed by atoms with Crippen molar-refractivity contribution in [1.82, 2.24) is 4.90 Å². The number of nitrogens with zero attached hydrogens (tertiary/aromatic N) is 2. The Bertz CT molecular complexity index is 775. The minimum atomic E-state index is -0.371. The Morgan fingerprint density at radius 2 is 1.88 bits per heavy atom. The Labute approximate surface area is 158 Å². The lowest BCUT2D eigenvalue weighted by Gasteiger charge is -2.36. The highest BCUT2D eigenvalue weighted by Gasteiger charge is 2.19. The van der Waals surface area contributed by atoms with E-state index in [9.17, 15) is 9.18 Å². The van der Waals surface area contributed by atoms with E-state index in [0.29, 0.717) is 16.3 Å². The van der Waals surface area contributed by atoms with Crippen molar-refractivity contribution < 1.29 is 9.18 Å². The van der Waals surface area contributed by atoms with Crippen molar-refractivity contribution in [3.05, 3.63) is 58.9 Å². The molecule has 26 heavy (non-hydrogen) atoms. The number of nitrogens with one attached hydrogen (secondary N) is 1. The number of carbonyl (C=O) groups excluding carboxylic acids is 1. The zero-order chi connectivity index (χ0) is 18.5. The summed E-state index contributed by atoms with van der Waals surface area (Å²) in [6.45, 7) is 6.97. The van der Waals surface area contributed by atoms with Crippen LogP contribution in [0, 0.1) is 5.82 Å². The zero-order valence-electron chi connectivity index (χ0n) is 14.8. The second-order valence-corrected chi connectivity index (χ2v) is 6.84. The maximum atomic E-state index is 13.8. The molecule has 138 valence electrons. The molecule has 1 saturated heterocycles. The van der Waals surface area contributed by atoms with Gasteiger partial charge >= 0.3 is 0 Å². The third-order valence-electron chi connectivity index (χ3n) is 4.70. The fraction of sp³-hybridized carbons (Fsp3) is 0.350. The normalized spacial score (nSPS) is 15.1. The summed E-state index contributed by atoms with van der Waals surface area (Å²) in [4.78, 5) is 17.1. The molecule has 1 aliphatic heterocycles. The fourth-order valence-electron chi connectivity index (χ4n) is 3.20. The SMILES string of the molecule is CCN1CCN(c2ccc(Cl)cc2NC(=O)Cc2ccccc2F)CC1. The summed E-state index contributed by atoms with van der Waals surface area (Å²) in [7, 11) is 0. The molecule has 1 heterocycles. The number of hydrogen-bond acceptors (Lipinski definition) is 3. The monoisotopic (exact) mass is 375 g/mol. The van der Waals surface area contributed by atoms with Gasteiger partial charge in [0.15, 0.2) is 0 Å². The van der Waals surface area contributed by atoms with E-state index in [2.05, 4.69) is 22.0 Å². The number of benzene rings is 2. The van der Waals surface area contributed by atoms with Crippen molar-refractivity contribution in [2.24, 2.45) is 0 Å². The van der Waals surface area contributed by atoms with E-state index in [4.69, 9.17) is 11.6 Å². The van der Waals surface area contributed by atoms with Crippen LogP contribution in [-0.4, -0.2) is 43.5 Å². The lowest BCUT2D eigenvalue weighted by Crippen LogP contribution is -2.46. The standard InChI is InChI=1S/C20H23ClFN3O/c1-2-24-9-11-25(12-10-24)19-8-7-16(21)14-18(19)23-20(26)13-15-5-3-4-6-17(15)22/h3-8,14H,2,9-13H2,1H3,(H,23,26). The molecular formula is C20H23ClFN3O. The summed E-state index contributed by atoms with van der Waals surface area (Å²) in [5.41, 5.74) is 2.00. The molecule has 0 aromatic heterocycles. The molecule has 0 aliphatic carbocycles. The summed E-state index contributed by atoms with van der Waals surface area (Å²) in [6.07, 6.45) is -0.0117. The number of hydrogen-bond donors (Lipinski definition) is 1. The first-order chi connectivity index (χ1) is 12.6. The van der Waals surface area contributed by atoms with E-state index in [1.54, 1.807) is 24.3 Å². The summed E-state index contributed by atoms with van der Waals surface area (Å²) in [5.74, 6) is -0.629. The molecule has 3 rings (SSSR count). The van der Waals surface area contributed by atoms with Crippen molar-refractivity contribution in [3.63, 3.8) is 0 Å². The first-order valence-electron chi connectivity index (χ1n) is 8.87. The van der Waals surface area contributed by atoms with Crippen LogP contribution in [0.3, 0.4) is 0 Å².